The summed E-state index contributed by atoms with van der Waals surface area (Å²) in [4.78, 5) is 10.5. The molecule has 14 heavy (non-hydrogen) atoms. The van der Waals surface area contributed by atoms with Crippen LogP contribution in [-0.2, 0) is 0 Å². The van der Waals surface area contributed by atoms with Crippen molar-refractivity contribution in [3.63, 3.8) is 0 Å². The second-order valence-electron chi connectivity index (χ2n) is 2.45. The highest BCUT2D eigenvalue weighted by atomic mass is 35.5. The molecule has 0 aliphatic carbocycles. The monoisotopic (exact) mass is 272 g/mol. The van der Waals surface area contributed by atoms with Crippen molar-refractivity contribution in [1.82, 2.24) is 0 Å². The summed E-state index contributed by atoms with van der Waals surface area (Å²) in [5, 5.41) is 0.762. The Morgan fingerprint density at radius 2 is 1.86 bits per heavy atom. The van der Waals surface area contributed by atoms with Crippen molar-refractivity contribution in [3.05, 3.63) is 26.7 Å². The van der Waals surface area contributed by atoms with E-state index in [1.165, 1.54) is 6.07 Å². The van der Waals surface area contributed by atoms with Gasteiger partial charge in [0.25, 0.3) is 0 Å². The molecule has 0 radical (unpaired) electrons. The summed E-state index contributed by atoms with van der Waals surface area (Å²) in [6.07, 6.45) is 0. The Bertz CT molecular complexity index is 389. The van der Waals surface area contributed by atoms with Gasteiger partial charge in [-0.05, 0) is 13.0 Å². The zero-order valence-electron chi connectivity index (χ0n) is 6.91. The molecule has 0 saturated heterocycles. The molecule has 0 atom stereocenters. The average Bonchev–Trinajstić information content (AvgIpc) is 2.09. The third kappa shape index (κ3) is 2.45. The zero-order valence-corrected chi connectivity index (χ0v) is 9.93. The van der Waals surface area contributed by atoms with Gasteiger partial charge in [-0.15, -0.1) is 0 Å². The molecule has 6 heteroatoms. The Morgan fingerprint density at radius 1 is 1.29 bits per heavy atom. The summed E-state index contributed by atoms with van der Waals surface area (Å²) in [5.74, 6) is 0.126. The van der Waals surface area contributed by atoms with E-state index in [1.807, 2.05) is 0 Å². The molecule has 0 heterocycles. The molecule has 0 unspecified atom stereocenters. The van der Waals surface area contributed by atoms with Crippen molar-refractivity contribution in [2.24, 2.45) is 0 Å². The normalized spacial score (nSPS) is 10.1. The van der Waals surface area contributed by atoms with Crippen LogP contribution in [0, 0.1) is 6.92 Å². The first-order valence-electron chi connectivity index (χ1n) is 3.45. The molecule has 0 aliphatic heterocycles. The van der Waals surface area contributed by atoms with Gasteiger partial charge in [0.05, 0.1) is 15.1 Å². The van der Waals surface area contributed by atoms with Crippen LogP contribution in [0.5, 0.6) is 5.75 Å². The van der Waals surface area contributed by atoms with E-state index in [9.17, 15) is 4.79 Å². The molecular formula is C8H4Cl4O2. The first-order chi connectivity index (χ1) is 6.43. The van der Waals surface area contributed by atoms with E-state index in [2.05, 4.69) is 4.74 Å². The van der Waals surface area contributed by atoms with Crippen LogP contribution in [0.15, 0.2) is 6.07 Å². The molecule has 0 spiro atoms. The SMILES string of the molecule is Cc1c(Cl)c(Cl)cc(Cl)c1OC(=O)Cl. The van der Waals surface area contributed by atoms with Crippen LogP contribution in [-0.4, -0.2) is 5.43 Å². The molecule has 0 aliphatic rings. The molecule has 2 nitrogen and oxygen atoms in total. The number of benzene rings is 1. The lowest BCUT2D eigenvalue weighted by atomic mass is 10.2. The summed E-state index contributed by atoms with van der Waals surface area (Å²) < 4.78 is 4.66. The molecule has 0 amide bonds. The lowest BCUT2D eigenvalue weighted by molar-refractivity contribution is 0.225. The standard InChI is InChI=1S/C8H4Cl4O2/c1-3-6(11)4(9)2-5(10)7(3)14-8(12)13/h2H,1H3. The Morgan fingerprint density at radius 3 is 2.36 bits per heavy atom. The van der Waals surface area contributed by atoms with Gasteiger partial charge in [0.2, 0.25) is 0 Å². The molecule has 1 aromatic rings. The molecular weight excluding hydrogens is 270 g/mol. The van der Waals surface area contributed by atoms with Crippen LogP contribution < -0.4 is 4.74 Å². The van der Waals surface area contributed by atoms with Gasteiger partial charge < -0.3 is 4.74 Å². The molecule has 0 aromatic heterocycles. The maximum Gasteiger partial charge on any atom is 0.409 e. The Labute approximate surface area is 101 Å². The number of halogens is 4. The lowest BCUT2D eigenvalue weighted by Crippen LogP contribution is -1.99. The minimum atomic E-state index is -0.978. The van der Waals surface area contributed by atoms with E-state index >= 15 is 0 Å². The maximum atomic E-state index is 10.5. The highest BCUT2D eigenvalue weighted by Gasteiger charge is 2.15. The Balaban J connectivity index is 3.29. The maximum absolute atomic E-state index is 10.5. The lowest BCUT2D eigenvalue weighted by Gasteiger charge is -2.09. The average molecular weight is 274 g/mol. The number of carbonyl (C=O) groups excluding carboxylic acids is 1. The summed E-state index contributed by atoms with van der Waals surface area (Å²) in [7, 11) is 0. The first-order valence-corrected chi connectivity index (χ1v) is 4.96. The van der Waals surface area contributed by atoms with Crippen molar-refractivity contribution in [3.8, 4) is 5.75 Å². The fraction of sp³-hybridized carbons (Fsp3) is 0.125. The molecule has 76 valence electrons. The van der Waals surface area contributed by atoms with E-state index in [-0.39, 0.29) is 15.8 Å². The third-order valence-electron chi connectivity index (χ3n) is 1.53. The minimum absolute atomic E-state index is 0.126. The topological polar surface area (TPSA) is 26.3 Å². The number of hydrogen-bond donors (Lipinski definition) is 0. The van der Waals surface area contributed by atoms with E-state index in [0.717, 1.165) is 0 Å². The van der Waals surface area contributed by atoms with Crippen molar-refractivity contribution in [1.29, 1.82) is 0 Å². The van der Waals surface area contributed by atoms with Crippen molar-refractivity contribution in [2.45, 2.75) is 6.92 Å². The Kier molecular flexibility index (Phi) is 3.90. The second kappa shape index (κ2) is 4.58. The number of ether oxygens (including phenoxy) is 1. The first kappa shape index (κ1) is 11.9. The van der Waals surface area contributed by atoms with Crippen molar-refractivity contribution < 1.29 is 9.53 Å². The van der Waals surface area contributed by atoms with Crippen LogP contribution >= 0.6 is 46.4 Å². The molecule has 0 saturated carbocycles. The second-order valence-corrected chi connectivity index (χ2v) is 3.95. The van der Waals surface area contributed by atoms with Gasteiger partial charge >= 0.3 is 5.43 Å². The van der Waals surface area contributed by atoms with E-state index in [0.29, 0.717) is 10.6 Å². The predicted molar refractivity (Wildman–Crippen MR) is 58.1 cm³/mol. The fourth-order valence-corrected chi connectivity index (χ4v) is 1.72. The molecule has 0 fully saturated rings. The van der Waals surface area contributed by atoms with Crippen LogP contribution in [0.4, 0.5) is 4.79 Å². The molecule has 0 N–H and O–H groups in total. The van der Waals surface area contributed by atoms with E-state index in [4.69, 9.17) is 46.4 Å². The molecule has 1 rings (SSSR count). The smallest absolute Gasteiger partial charge is 0.409 e. The van der Waals surface area contributed by atoms with E-state index < -0.39 is 5.43 Å². The number of carbonyl (C=O) groups is 1. The van der Waals surface area contributed by atoms with Gasteiger partial charge in [-0.2, -0.15) is 0 Å². The van der Waals surface area contributed by atoms with E-state index in [1.54, 1.807) is 6.92 Å². The fourth-order valence-electron chi connectivity index (χ4n) is 0.904. The summed E-state index contributed by atoms with van der Waals surface area (Å²) in [6, 6.07) is 1.38. The van der Waals surface area contributed by atoms with Crippen LogP contribution in [0.25, 0.3) is 0 Å². The van der Waals surface area contributed by atoms with Gasteiger partial charge in [0.1, 0.15) is 0 Å². The number of hydrogen-bond acceptors (Lipinski definition) is 2. The quantitative estimate of drug-likeness (QED) is 0.548. The minimum Gasteiger partial charge on any atom is -0.413 e. The highest BCUT2D eigenvalue weighted by molar-refractivity contribution is 6.61. The summed E-state index contributed by atoms with van der Waals surface area (Å²) in [5.41, 5.74) is -0.508. The van der Waals surface area contributed by atoms with Crippen LogP contribution in [0.2, 0.25) is 15.1 Å². The van der Waals surface area contributed by atoms with Crippen LogP contribution in [0.3, 0.4) is 0 Å². The van der Waals surface area contributed by atoms with Gasteiger partial charge in [0.15, 0.2) is 5.75 Å². The molecule has 1 aromatic carbocycles. The van der Waals surface area contributed by atoms with Gasteiger partial charge in [-0.25, -0.2) is 4.79 Å². The van der Waals surface area contributed by atoms with Crippen molar-refractivity contribution in [2.75, 3.05) is 0 Å². The molecule has 0 bridgehead atoms. The van der Waals surface area contributed by atoms with Gasteiger partial charge in [-0.3, -0.25) is 0 Å². The number of rotatable bonds is 1. The van der Waals surface area contributed by atoms with Gasteiger partial charge in [-0.1, -0.05) is 34.8 Å². The largest absolute Gasteiger partial charge is 0.413 e. The van der Waals surface area contributed by atoms with Gasteiger partial charge in [0, 0.05) is 17.2 Å². The summed E-state index contributed by atoms with van der Waals surface area (Å²) in [6.45, 7) is 1.62. The van der Waals surface area contributed by atoms with Crippen LogP contribution in [0.1, 0.15) is 5.56 Å². The predicted octanol–water partition coefficient (Wildman–Crippen LogP) is 4.69. The third-order valence-corrected chi connectivity index (χ3v) is 2.77. The highest BCUT2D eigenvalue weighted by Crippen LogP contribution is 2.38. The zero-order chi connectivity index (χ0) is 10.9. The Hall–Kier alpha value is -0.150. The summed E-state index contributed by atoms with van der Waals surface area (Å²) >= 11 is 22.4. The van der Waals surface area contributed by atoms with Crippen molar-refractivity contribution >= 4 is 51.8 Å².